The molecule has 1 fully saturated rings. The van der Waals surface area contributed by atoms with Gasteiger partial charge in [0.05, 0.1) is 12.3 Å². The van der Waals surface area contributed by atoms with Crippen molar-refractivity contribution in [2.45, 2.75) is 13.3 Å². The number of hydrogen-bond acceptors (Lipinski definition) is 5. The number of anilines is 2. The molecule has 0 bridgehead atoms. The molecule has 0 radical (unpaired) electrons. The number of likely N-dealkylation sites (tertiary alicyclic amines) is 1. The summed E-state index contributed by atoms with van der Waals surface area (Å²) in [4.78, 5) is 9.05. The normalized spacial score (nSPS) is 19.6. The van der Waals surface area contributed by atoms with Gasteiger partial charge in [0.1, 0.15) is 5.82 Å². The molecule has 0 spiro atoms. The molecule has 2 rings (SSSR count). The maximum absolute atomic E-state index is 5.84. The molecule has 106 valence electrons. The van der Waals surface area contributed by atoms with Gasteiger partial charge in [-0.2, -0.15) is 4.98 Å². The number of nitrogens with two attached hydrogens (primary N) is 1. The Morgan fingerprint density at radius 3 is 2.95 bits per heavy atom. The number of nitrogen functional groups attached to an aromatic ring is 1. The van der Waals surface area contributed by atoms with Crippen molar-refractivity contribution in [3.05, 3.63) is 12.1 Å². The second-order valence-corrected chi connectivity index (χ2v) is 5.29. The van der Waals surface area contributed by atoms with E-state index in [0.29, 0.717) is 24.1 Å². The maximum Gasteiger partial charge on any atom is 0.239 e. The summed E-state index contributed by atoms with van der Waals surface area (Å²) in [7, 11) is 4.25. The molecule has 1 aromatic rings. The van der Waals surface area contributed by atoms with Crippen molar-refractivity contribution in [1.29, 1.82) is 0 Å². The highest BCUT2D eigenvalue weighted by molar-refractivity contribution is 5.54. The maximum atomic E-state index is 5.84. The molecular weight excluding hydrogens is 240 g/mol. The highest BCUT2D eigenvalue weighted by Gasteiger charge is 2.21. The van der Waals surface area contributed by atoms with Gasteiger partial charge in [-0.15, -0.1) is 0 Å². The molecule has 1 aliphatic heterocycles. The van der Waals surface area contributed by atoms with Crippen LogP contribution in [0, 0.1) is 5.92 Å². The van der Waals surface area contributed by atoms with E-state index in [-0.39, 0.29) is 0 Å². The van der Waals surface area contributed by atoms with Gasteiger partial charge in [-0.3, -0.25) is 0 Å². The van der Waals surface area contributed by atoms with Crippen molar-refractivity contribution in [2.75, 3.05) is 51.0 Å². The van der Waals surface area contributed by atoms with E-state index in [9.17, 15) is 0 Å². The summed E-state index contributed by atoms with van der Waals surface area (Å²) >= 11 is 0. The van der Waals surface area contributed by atoms with Crippen LogP contribution in [0.25, 0.3) is 0 Å². The van der Waals surface area contributed by atoms with Crippen LogP contribution in [0.15, 0.2) is 12.1 Å². The van der Waals surface area contributed by atoms with E-state index in [1.807, 2.05) is 19.1 Å². The minimum absolute atomic E-state index is 0.537. The molecule has 1 aromatic heterocycles. The van der Waals surface area contributed by atoms with Crippen molar-refractivity contribution in [1.82, 2.24) is 9.88 Å². The zero-order valence-electron chi connectivity index (χ0n) is 12.1. The lowest BCUT2D eigenvalue weighted by atomic mass is 10.1. The van der Waals surface area contributed by atoms with Gasteiger partial charge in [0, 0.05) is 20.1 Å². The molecule has 1 saturated heterocycles. The van der Waals surface area contributed by atoms with Gasteiger partial charge in [-0.05, 0) is 45.0 Å². The summed E-state index contributed by atoms with van der Waals surface area (Å²) in [6.45, 7) is 5.89. The zero-order chi connectivity index (χ0) is 13.8. The Morgan fingerprint density at radius 1 is 1.53 bits per heavy atom. The van der Waals surface area contributed by atoms with Crippen LogP contribution in [0.5, 0.6) is 5.88 Å². The van der Waals surface area contributed by atoms with Crippen LogP contribution in [0.3, 0.4) is 0 Å². The van der Waals surface area contributed by atoms with Crippen LogP contribution in [-0.2, 0) is 0 Å². The van der Waals surface area contributed by atoms with Crippen LogP contribution in [-0.4, -0.2) is 50.2 Å². The lowest BCUT2D eigenvalue weighted by Crippen LogP contribution is -2.27. The minimum Gasteiger partial charge on any atom is -0.476 e. The van der Waals surface area contributed by atoms with Crippen molar-refractivity contribution < 1.29 is 4.74 Å². The standard InChI is InChI=1S/C14H24N4O/c1-4-19-14-12(15)5-6-13(16-14)18(3)10-11-7-8-17(2)9-11/h5-6,11H,4,7-10,15H2,1-3H3. The first-order valence-corrected chi connectivity index (χ1v) is 6.89. The minimum atomic E-state index is 0.537. The highest BCUT2D eigenvalue weighted by Crippen LogP contribution is 2.24. The third-order valence-electron chi connectivity index (χ3n) is 3.57. The molecule has 5 nitrogen and oxygen atoms in total. The van der Waals surface area contributed by atoms with Crippen molar-refractivity contribution in [2.24, 2.45) is 5.92 Å². The summed E-state index contributed by atoms with van der Waals surface area (Å²) in [6, 6.07) is 3.82. The predicted molar refractivity (Wildman–Crippen MR) is 78.7 cm³/mol. The average molecular weight is 264 g/mol. The molecule has 0 aliphatic carbocycles. The van der Waals surface area contributed by atoms with Gasteiger partial charge in [0.2, 0.25) is 5.88 Å². The van der Waals surface area contributed by atoms with E-state index < -0.39 is 0 Å². The van der Waals surface area contributed by atoms with E-state index >= 15 is 0 Å². The zero-order valence-corrected chi connectivity index (χ0v) is 12.1. The fraction of sp³-hybridized carbons (Fsp3) is 0.643. The molecule has 19 heavy (non-hydrogen) atoms. The van der Waals surface area contributed by atoms with Gasteiger partial charge >= 0.3 is 0 Å². The van der Waals surface area contributed by atoms with E-state index in [4.69, 9.17) is 10.5 Å². The van der Waals surface area contributed by atoms with E-state index in [1.165, 1.54) is 13.0 Å². The average Bonchev–Trinajstić information content (AvgIpc) is 2.77. The van der Waals surface area contributed by atoms with Crippen molar-refractivity contribution >= 4 is 11.5 Å². The summed E-state index contributed by atoms with van der Waals surface area (Å²) in [5, 5.41) is 0. The van der Waals surface area contributed by atoms with Crippen molar-refractivity contribution in [3.63, 3.8) is 0 Å². The van der Waals surface area contributed by atoms with Crippen LogP contribution in [0.4, 0.5) is 11.5 Å². The number of ether oxygens (including phenoxy) is 1. The fourth-order valence-electron chi connectivity index (χ4n) is 2.56. The molecule has 2 heterocycles. The van der Waals surface area contributed by atoms with Gasteiger partial charge in [0.25, 0.3) is 0 Å². The second-order valence-electron chi connectivity index (χ2n) is 5.29. The first-order chi connectivity index (χ1) is 9.10. The summed E-state index contributed by atoms with van der Waals surface area (Å²) in [5.41, 5.74) is 6.44. The Labute approximate surface area is 115 Å². The molecule has 0 amide bonds. The SMILES string of the molecule is CCOc1nc(N(C)CC2CCN(C)C2)ccc1N. The van der Waals surface area contributed by atoms with E-state index in [1.54, 1.807) is 0 Å². The first kappa shape index (κ1) is 13.9. The van der Waals surface area contributed by atoms with Crippen LogP contribution >= 0.6 is 0 Å². The number of nitrogens with zero attached hydrogens (tertiary/aromatic N) is 3. The van der Waals surface area contributed by atoms with Crippen LogP contribution < -0.4 is 15.4 Å². The smallest absolute Gasteiger partial charge is 0.239 e. The van der Waals surface area contributed by atoms with Crippen molar-refractivity contribution in [3.8, 4) is 5.88 Å². The van der Waals surface area contributed by atoms with Gasteiger partial charge in [-0.1, -0.05) is 0 Å². The van der Waals surface area contributed by atoms with Gasteiger partial charge < -0.3 is 20.3 Å². The molecule has 1 unspecified atom stereocenters. The Morgan fingerprint density at radius 2 is 2.32 bits per heavy atom. The molecule has 5 heteroatoms. The molecular formula is C14H24N4O. The Balaban J connectivity index is 2.02. The molecule has 0 aromatic carbocycles. The summed E-state index contributed by atoms with van der Waals surface area (Å²) < 4.78 is 5.44. The first-order valence-electron chi connectivity index (χ1n) is 6.89. The highest BCUT2D eigenvalue weighted by atomic mass is 16.5. The third-order valence-corrected chi connectivity index (χ3v) is 3.57. The Kier molecular flexibility index (Phi) is 4.47. The molecule has 2 N–H and O–H groups in total. The van der Waals surface area contributed by atoms with Gasteiger partial charge in [-0.25, -0.2) is 0 Å². The van der Waals surface area contributed by atoms with Gasteiger partial charge in [0.15, 0.2) is 0 Å². The topological polar surface area (TPSA) is 54.6 Å². The monoisotopic (exact) mass is 264 g/mol. The molecule has 1 aliphatic rings. The fourth-order valence-corrected chi connectivity index (χ4v) is 2.56. The Bertz CT molecular complexity index is 424. The van der Waals surface area contributed by atoms with E-state index in [2.05, 4.69) is 28.9 Å². The lowest BCUT2D eigenvalue weighted by Gasteiger charge is -2.22. The number of pyridine rings is 1. The van der Waals surface area contributed by atoms with Crippen LogP contribution in [0.1, 0.15) is 13.3 Å². The second kappa shape index (κ2) is 6.10. The summed E-state index contributed by atoms with van der Waals surface area (Å²) in [6.07, 6.45) is 1.26. The van der Waals surface area contributed by atoms with Crippen LogP contribution in [0.2, 0.25) is 0 Å². The molecule has 0 saturated carbocycles. The Hall–Kier alpha value is -1.49. The quantitative estimate of drug-likeness (QED) is 0.872. The largest absolute Gasteiger partial charge is 0.476 e. The summed E-state index contributed by atoms with van der Waals surface area (Å²) in [5.74, 6) is 2.17. The number of rotatable bonds is 5. The predicted octanol–water partition coefficient (Wildman–Crippen LogP) is 1.45. The molecule has 1 atom stereocenters. The number of hydrogen-bond donors (Lipinski definition) is 1. The lowest BCUT2D eigenvalue weighted by molar-refractivity contribution is 0.329. The van der Waals surface area contributed by atoms with E-state index in [0.717, 1.165) is 18.9 Å². The third kappa shape index (κ3) is 3.50. The number of aromatic nitrogens is 1.